The first-order chi connectivity index (χ1) is 9.58. The number of halogens is 3. The van der Waals surface area contributed by atoms with E-state index < -0.39 is 17.5 Å². The van der Waals surface area contributed by atoms with Crippen LogP contribution in [0.15, 0.2) is 12.1 Å². The third-order valence-electron chi connectivity index (χ3n) is 3.55. The molecule has 0 aliphatic carbocycles. The fourth-order valence-corrected chi connectivity index (χ4v) is 2.34. The van der Waals surface area contributed by atoms with E-state index in [1.807, 2.05) is 0 Å². The normalized spacial score (nSPS) is 16.1. The monoisotopic (exact) mass is 286 g/mol. The summed E-state index contributed by atoms with van der Waals surface area (Å²) < 4.78 is 39.1. The summed E-state index contributed by atoms with van der Waals surface area (Å²) in [5.41, 5.74) is -0.320. The lowest BCUT2D eigenvalue weighted by Gasteiger charge is -2.22. The zero-order valence-corrected chi connectivity index (χ0v) is 11.0. The average Bonchev–Trinajstić information content (AvgIpc) is 2.47. The number of anilines is 1. The second-order valence-electron chi connectivity index (χ2n) is 5.00. The summed E-state index contributed by atoms with van der Waals surface area (Å²) in [7, 11) is 0. The molecule has 1 amide bonds. The van der Waals surface area contributed by atoms with E-state index in [1.165, 1.54) is 0 Å². The molecule has 6 heteroatoms. The Hall–Kier alpha value is -1.56. The molecule has 3 nitrogen and oxygen atoms in total. The summed E-state index contributed by atoms with van der Waals surface area (Å²) >= 11 is 0. The fourth-order valence-electron chi connectivity index (χ4n) is 2.34. The Morgan fingerprint density at radius 1 is 1.20 bits per heavy atom. The van der Waals surface area contributed by atoms with Crippen molar-refractivity contribution in [2.75, 3.05) is 18.4 Å². The van der Waals surface area contributed by atoms with E-state index in [2.05, 4.69) is 10.6 Å². The number of carbonyl (C=O) groups excluding carboxylic acids is 1. The van der Waals surface area contributed by atoms with Gasteiger partial charge in [0, 0.05) is 6.42 Å². The molecule has 0 saturated carbocycles. The Balaban J connectivity index is 1.86. The van der Waals surface area contributed by atoms with Crippen LogP contribution in [0.5, 0.6) is 0 Å². The first-order valence-electron chi connectivity index (χ1n) is 6.72. The quantitative estimate of drug-likeness (QED) is 0.836. The minimum atomic E-state index is -1.57. The molecule has 0 bridgehead atoms. The second kappa shape index (κ2) is 6.74. The predicted octanol–water partition coefficient (Wildman–Crippen LogP) is 2.82. The minimum absolute atomic E-state index is 0.253. The van der Waals surface area contributed by atoms with Gasteiger partial charge in [0.15, 0.2) is 17.5 Å². The Kier molecular flexibility index (Phi) is 5.00. The van der Waals surface area contributed by atoms with E-state index in [4.69, 9.17) is 0 Å². The molecular weight excluding hydrogens is 269 g/mol. The molecule has 0 atom stereocenters. The molecule has 110 valence electrons. The van der Waals surface area contributed by atoms with E-state index in [0.717, 1.165) is 44.5 Å². The maximum atomic E-state index is 13.4. The third kappa shape index (κ3) is 3.72. The molecule has 1 fully saturated rings. The number of piperidine rings is 1. The molecular formula is C14H17F3N2O. The smallest absolute Gasteiger partial charge is 0.224 e. The highest BCUT2D eigenvalue weighted by molar-refractivity contribution is 5.90. The first-order valence-corrected chi connectivity index (χ1v) is 6.72. The van der Waals surface area contributed by atoms with Crippen LogP contribution in [0.4, 0.5) is 18.9 Å². The second-order valence-corrected chi connectivity index (χ2v) is 5.00. The lowest BCUT2D eigenvalue weighted by Crippen LogP contribution is -2.28. The molecule has 2 rings (SSSR count). The van der Waals surface area contributed by atoms with Crippen molar-refractivity contribution in [3.8, 4) is 0 Å². The van der Waals surface area contributed by atoms with Gasteiger partial charge in [-0.15, -0.1) is 0 Å². The maximum Gasteiger partial charge on any atom is 0.224 e. The van der Waals surface area contributed by atoms with Crippen LogP contribution in [0.25, 0.3) is 0 Å². The molecule has 1 heterocycles. The first kappa shape index (κ1) is 14.8. The molecule has 1 saturated heterocycles. The molecule has 0 radical (unpaired) electrons. The third-order valence-corrected chi connectivity index (χ3v) is 3.55. The van der Waals surface area contributed by atoms with Crippen LogP contribution in [-0.4, -0.2) is 19.0 Å². The van der Waals surface area contributed by atoms with Crippen molar-refractivity contribution in [2.24, 2.45) is 5.92 Å². The summed E-state index contributed by atoms with van der Waals surface area (Å²) in [4.78, 5) is 11.7. The van der Waals surface area contributed by atoms with E-state index in [0.29, 0.717) is 5.92 Å². The molecule has 2 N–H and O–H groups in total. The predicted molar refractivity (Wildman–Crippen MR) is 69.8 cm³/mol. The molecule has 1 aromatic rings. The maximum absolute atomic E-state index is 13.4. The van der Waals surface area contributed by atoms with Crippen molar-refractivity contribution in [1.82, 2.24) is 5.32 Å². The van der Waals surface area contributed by atoms with Crippen LogP contribution >= 0.6 is 0 Å². The largest absolute Gasteiger partial charge is 0.324 e. The van der Waals surface area contributed by atoms with Gasteiger partial charge in [0.25, 0.3) is 0 Å². The Labute approximate surface area is 115 Å². The van der Waals surface area contributed by atoms with E-state index in [-0.39, 0.29) is 18.0 Å². The molecule has 0 aromatic heterocycles. The highest BCUT2D eigenvalue weighted by Crippen LogP contribution is 2.21. The molecule has 1 aromatic carbocycles. The van der Waals surface area contributed by atoms with E-state index in [9.17, 15) is 18.0 Å². The lowest BCUT2D eigenvalue weighted by atomic mass is 9.93. The van der Waals surface area contributed by atoms with E-state index in [1.54, 1.807) is 0 Å². The SMILES string of the molecule is O=C(CCC1CCNCC1)Nc1ccc(F)c(F)c1F. The van der Waals surface area contributed by atoms with Gasteiger partial charge in [0.1, 0.15) is 0 Å². The highest BCUT2D eigenvalue weighted by Gasteiger charge is 2.17. The average molecular weight is 286 g/mol. The number of rotatable bonds is 4. The number of amides is 1. The number of hydrogen-bond donors (Lipinski definition) is 2. The van der Waals surface area contributed by atoms with Crippen molar-refractivity contribution in [3.63, 3.8) is 0 Å². The van der Waals surface area contributed by atoms with Gasteiger partial charge in [-0.05, 0) is 50.4 Å². The summed E-state index contributed by atoms with van der Waals surface area (Å²) in [6.07, 6.45) is 3.02. The number of benzene rings is 1. The number of carbonyl (C=O) groups is 1. The molecule has 0 spiro atoms. The zero-order valence-electron chi connectivity index (χ0n) is 11.0. The van der Waals surface area contributed by atoms with Crippen LogP contribution in [0.1, 0.15) is 25.7 Å². The fraction of sp³-hybridized carbons (Fsp3) is 0.500. The van der Waals surface area contributed by atoms with Gasteiger partial charge >= 0.3 is 0 Å². The van der Waals surface area contributed by atoms with Crippen molar-refractivity contribution < 1.29 is 18.0 Å². The minimum Gasteiger partial charge on any atom is -0.324 e. The van der Waals surface area contributed by atoms with Crippen molar-refractivity contribution in [2.45, 2.75) is 25.7 Å². The van der Waals surface area contributed by atoms with Crippen LogP contribution in [-0.2, 0) is 4.79 Å². The molecule has 1 aliphatic rings. The van der Waals surface area contributed by atoms with Crippen LogP contribution in [0, 0.1) is 23.4 Å². The highest BCUT2D eigenvalue weighted by atomic mass is 19.2. The number of nitrogens with one attached hydrogen (secondary N) is 2. The van der Waals surface area contributed by atoms with Gasteiger partial charge in [-0.1, -0.05) is 0 Å². The zero-order chi connectivity index (χ0) is 14.5. The van der Waals surface area contributed by atoms with E-state index >= 15 is 0 Å². The number of hydrogen-bond acceptors (Lipinski definition) is 2. The Morgan fingerprint density at radius 2 is 1.90 bits per heavy atom. The van der Waals surface area contributed by atoms with Crippen LogP contribution in [0.2, 0.25) is 0 Å². The summed E-state index contributed by atoms with van der Waals surface area (Å²) in [6.45, 7) is 1.90. The Morgan fingerprint density at radius 3 is 2.60 bits per heavy atom. The Bertz CT molecular complexity index is 488. The van der Waals surface area contributed by atoms with Gasteiger partial charge in [0.05, 0.1) is 5.69 Å². The summed E-state index contributed by atoms with van der Waals surface area (Å²) in [5.74, 6) is -4.10. The molecule has 1 aliphatic heterocycles. The van der Waals surface area contributed by atoms with Crippen molar-refractivity contribution in [1.29, 1.82) is 0 Å². The van der Waals surface area contributed by atoms with Gasteiger partial charge < -0.3 is 10.6 Å². The molecule has 0 unspecified atom stereocenters. The van der Waals surface area contributed by atoms with Gasteiger partial charge in [-0.3, -0.25) is 4.79 Å². The lowest BCUT2D eigenvalue weighted by molar-refractivity contribution is -0.116. The standard InChI is InChI=1S/C14H17F3N2O/c15-10-2-3-11(14(17)13(10)16)19-12(20)4-1-9-5-7-18-8-6-9/h2-3,9,18H,1,4-8H2,(H,19,20). The van der Waals surface area contributed by atoms with Crippen LogP contribution < -0.4 is 10.6 Å². The van der Waals surface area contributed by atoms with Crippen molar-refractivity contribution in [3.05, 3.63) is 29.6 Å². The van der Waals surface area contributed by atoms with Gasteiger partial charge in [0.2, 0.25) is 5.91 Å². The van der Waals surface area contributed by atoms with Gasteiger partial charge in [-0.25, -0.2) is 13.2 Å². The topological polar surface area (TPSA) is 41.1 Å². The summed E-state index contributed by atoms with van der Waals surface area (Å²) in [6, 6.07) is 1.82. The van der Waals surface area contributed by atoms with Crippen molar-refractivity contribution >= 4 is 11.6 Å². The van der Waals surface area contributed by atoms with Crippen LogP contribution in [0.3, 0.4) is 0 Å². The summed E-state index contributed by atoms with van der Waals surface area (Å²) in [5, 5.41) is 5.52. The molecule has 20 heavy (non-hydrogen) atoms. The van der Waals surface area contributed by atoms with Gasteiger partial charge in [-0.2, -0.15) is 0 Å².